The lowest BCUT2D eigenvalue weighted by Gasteiger charge is -2.29. The number of aromatic nitrogens is 1. The minimum atomic E-state index is -4.55. The van der Waals surface area contributed by atoms with E-state index in [1.807, 2.05) is 29.7 Å². The summed E-state index contributed by atoms with van der Waals surface area (Å²) in [7, 11) is 0. The van der Waals surface area contributed by atoms with Crippen molar-refractivity contribution in [3.8, 4) is 17.1 Å². The molecule has 0 saturated carbocycles. The molecule has 0 radical (unpaired) electrons. The quantitative estimate of drug-likeness (QED) is 0.578. The fraction of sp³-hybridized carbons (Fsp3) is 0.481. The van der Waals surface area contributed by atoms with Crippen LogP contribution in [0.5, 0.6) is 5.88 Å². The molecule has 3 aliphatic heterocycles. The van der Waals surface area contributed by atoms with E-state index in [4.69, 9.17) is 14.2 Å². The van der Waals surface area contributed by atoms with Gasteiger partial charge in [0.05, 0.1) is 25.5 Å². The van der Waals surface area contributed by atoms with Crippen LogP contribution >= 0.6 is 0 Å². The Morgan fingerprint density at radius 1 is 1.16 bits per heavy atom. The second-order valence-electron chi connectivity index (χ2n) is 9.57. The molecule has 3 aliphatic rings. The standard InChI is InChI=1S/C27H29F3N2O6/c1-17-23(33)13-24(37-15-21-14-35-10-11-36-21)32-9-6-20-12-19(2-3-22(20)25(17)32)18-4-7-31(8-5-18)26(34)38-16-27(28,29)30/h2-4,12-13,21H,5-11,14-16H2,1H3/t21-/m0/s1. The lowest BCUT2D eigenvalue weighted by atomic mass is 9.90. The first-order chi connectivity index (χ1) is 18.2. The summed E-state index contributed by atoms with van der Waals surface area (Å²) in [4.78, 5) is 26.0. The number of fused-ring (bicyclic) bond motifs is 3. The molecular formula is C27H29F3N2O6. The van der Waals surface area contributed by atoms with Gasteiger partial charge in [0, 0.05) is 36.8 Å². The number of alkyl halides is 3. The van der Waals surface area contributed by atoms with E-state index in [1.165, 1.54) is 11.0 Å². The summed E-state index contributed by atoms with van der Waals surface area (Å²) in [5.74, 6) is 0.506. The molecule has 0 aliphatic carbocycles. The minimum absolute atomic E-state index is 0.100. The van der Waals surface area contributed by atoms with Crippen LogP contribution in [-0.4, -0.2) is 74.0 Å². The Morgan fingerprint density at radius 3 is 2.71 bits per heavy atom. The maximum absolute atomic E-state index is 12.8. The number of hydrogen-bond acceptors (Lipinski definition) is 6. The van der Waals surface area contributed by atoms with Crippen LogP contribution in [0.25, 0.3) is 16.8 Å². The molecule has 0 N–H and O–H groups in total. The zero-order chi connectivity index (χ0) is 26.9. The molecule has 8 nitrogen and oxygen atoms in total. The molecule has 1 fully saturated rings. The molecule has 38 heavy (non-hydrogen) atoms. The van der Waals surface area contributed by atoms with Crippen molar-refractivity contribution in [3.05, 3.63) is 57.3 Å². The summed E-state index contributed by atoms with van der Waals surface area (Å²) in [6, 6.07) is 7.59. The van der Waals surface area contributed by atoms with E-state index >= 15 is 0 Å². The summed E-state index contributed by atoms with van der Waals surface area (Å²) in [5.41, 5.74) is 5.44. The molecule has 5 rings (SSSR count). The first kappa shape index (κ1) is 26.3. The van der Waals surface area contributed by atoms with Gasteiger partial charge in [0.1, 0.15) is 12.7 Å². The van der Waals surface area contributed by atoms with Gasteiger partial charge >= 0.3 is 12.3 Å². The fourth-order valence-corrected chi connectivity index (χ4v) is 5.02. The molecule has 2 aromatic rings. The number of rotatable bonds is 5. The molecule has 0 bridgehead atoms. The van der Waals surface area contributed by atoms with Gasteiger partial charge in [0.15, 0.2) is 17.9 Å². The summed E-state index contributed by atoms with van der Waals surface area (Å²) in [6.07, 6.45) is -2.62. The number of carbonyl (C=O) groups is 1. The van der Waals surface area contributed by atoms with Gasteiger partial charge in [0.25, 0.3) is 0 Å². The zero-order valence-electron chi connectivity index (χ0n) is 21.0. The molecule has 1 atom stereocenters. The van der Waals surface area contributed by atoms with E-state index in [2.05, 4.69) is 10.8 Å². The number of aryl methyl sites for hydroxylation is 1. The SMILES string of the molecule is Cc1c2n(c(OC[C@@H]3COCCO3)cc1=O)CCc1cc(C3=CCN(C(=O)OCC(F)(F)F)CC3)ccc1-2. The molecule has 204 valence electrons. The van der Waals surface area contributed by atoms with Crippen molar-refractivity contribution in [3.63, 3.8) is 0 Å². The van der Waals surface area contributed by atoms with Crippen molar-refractivity contribution in [2.24, 2.45) is 0 Å². The van der Waals surface area contributed by atoms with Crippen LogP contribution in [0.4, 0.5) is 18.0 Å². The minimum Gasteiger partial charge on any atom is -0.476 e. The highest BCUT2D eigenvalue weighted by Crippen LogP contribution is 2.36. The Morgan fingerprint density at radius 2 is 2.00 bits per heavy atom. The van der Waals surface area contributed by atoms with Crippen LogP contribution in [0.3, 0.4) is 0 Å². The Hall–Kier alpha value is -3.31. The number of halogens is 3. The highest BCUT2D eigenvalue weighted by Gasteiger charge is 2.31. The highest BCUT2D eigenvalue weighted by molar-refractivity contribution is 5.76. The van der Waals surface area contributed by atoms with Crippen LogP contribution in [0, 0.1) is 6.92 Å². The monoisotopic (exact) mass is 534 g/mol. The molecule has 0 spiro atoms. The summed E-state index contributed by atoms with van der Waals surface area (Å²) >= 11 is 0. The van der Waals surface area contributed by atoms with E-state index in [1.54, 1.807) is 0 Å². The van der Waals surface area contributed by atoms with Crippen molar-refractivity contribution in [2.45, 2.75) is 38.6 Å². The highest BCUT2D eigenvalue weighted by atomic mass is 19.4. The van der Waals surface area contributed by atoms with Crippen molar-refractivity contribution in [1.29, 1.82) is 0 Å². The van der Waals surface area contributed by atoms with Crippen molar-refractivity contribution in [2.75, 3.05) is 46.1 Å². The Labute approximate surface area is 217 Å². The number of hydrogen-bond donors (Lipinski definition) is 0. The number of benzene rings is 1. The second kappa shape index (κ2) is 10.8. The third kappa shape index (κ3) is 5.73. The van der Waals surface area contributed by atoms with Crippen molar-refractivity contribution in [1.82, 2.24) is 9.47 Å². The van der Waals surface area contributed by atoms with E-state index in [9.17, 15) is 22.8 Å². The third-order valence-corrected chi connectivity index (χ3v) is 6.98. The molecular weight excluding hydrogens is 505 g/mol. The van der Waals surface area contributed by atoms with Gasteiger partial charge in [-0.3, -0.25) is 4.79 Å². The smallest absolute Gasteiger partial charge is 0.422 e. The molecule has 1 aromatic carbocycles. The predicted molar refractivity (Wildman–Crippen MR) is 132 cm³/mol. The van der Waals surface area contributed by atoms with Gasteiger partial charge in [-0.2, -0.15) is 13.2 Å². The van der Waals surface area contributed by atoms with Crippen LogP contribution < -0.4 is 10.2 Å². The van der Waals surface area contributed by atoms with E-state index in [-0.39, 0.29) is 24.6 Å². The average molecular weight is 535 g/mol. The van der Waals surface area contributed by atoms with Crippen LogP contribution in [-0.2, 0) is 27.2 Å². The fourth-order valence-electron chi connectivity index (χ4n) is 5.02. The van der Waals surface area contributed by atoms with Gasteiger partial charge in [-0.05, 0) is 36.5 Å². The first-order valence-corrected chi connectivity index (χ1v) is 12.6. The van der Waals surface area contributed by atoms with E-state index in [0.29, 0.717) is 50.8 Å². The summed E-state index contributed by atoms with van der Waals surface area (Å²) in [6.45, 7) is 3.15. The zero-order valence-corrected chi connectivity index (χ0v) is 21.0. The molecule has 0 unspecified atom stereocenters. The number of ether oxygens (including phenoxy) is 4. The lowest BCUT2D eigenvalue weighted by molar-refractivity contribution is -0.162. The van der Waals surface area contributed by atoms with Crippen LogP contribution in [0.1, 0.15) is 23.1 Å². The predicted octanol–water partition coefficient (Wildman–Crippen LogP) is 3.96. The molecule has 4 heterocycles. The molecule has 1 saturated heterocycles. The van der Waals surface area contributed by atoms with Crippen LogP contribution in [0.15, 0.2) is 35.1 Å². The van der Waals surface area contributed by atoms with E-state index < -0.39 is 18.9 Å². The Bertz CT molecular complexity index is 1300. The maximum Gasteiger partial charge on any atom is 0.422 e. The van der Waals surface area contributed by atoms with Gasteiger partial charge in [-0.25, -0.2) is 4.79 Å². The normalized spacial score (nSPS) is 19.3. The lowest BCUT2D eigenvalue weighted by Crippen LogP contribution is -2.36. The third-order valence-electron chi connectivity index (χ3n) is 6.98. The molecule has 11 heteroatoms. The van der Waals surface area contributed by atoms with Crippen molar-refractivity contribution >= 4 is 11.7 Å². The largest absolute Gasteiger partial charge is 0.476 e. The van der Waals surface area contributed by atoms with Gasteiger partial charge in [0.2, 0.25) is 0 Å². The Kier molecular flexibility index (Phi) is 7.49. The van der Waals surface area contributed by atoms with Gasteiger partial charge < -0.3 is 28.4 Å². The maximum atomic E-state index is 12.8. The average Bonchev–Trinajstić information content (AvgIpc) is 2.92. The summed E-state index contributed by atoms with van der Waals surface area (Å²) < 4.78 is 60.5. The number of pyridine rings is 1. The van der Waals surface area contributed by atoms with Crippen molar-refractivity contribution < 1.29 is 36.9 Å². The number of amides is 1. The topological polar surface area (TPSA) is 79.2 Å². The van der Waals surface area contributed by atoms with Crippen LogP contribution in [0.2, 0.25) is 0 Å². The molecule has 1 amide bonds. The summed E-state index contributed by atoms with van der Waals surface area (Å²) in [5, 5.41) is 0. The van der Waals surface area contributed by atoms with E-state index in [0.717, 1.165) is 34.4 Å². The Balaban J connectivity index is 1.33. The van der Waals surface area contributed by atoms with Gasteiger partial charge in [-0.15, -0.1) is 0 Å². The molecule has 1 aromatic heterocycles. The number of nitrogens with zero attached hydrogens (tertiary/aromatic N) is 2. The van der Waals surface area contributed by atoms with Gasteiger partial charge in [-0.1, -0.05) is 24.3 Å². The first-order valence-electron chi connectivity index (χ1n) is 12.6. The number of carbonyl (C=O) groups excluding carboxylic acids is 1. The second-order valence-corrected chi connectivity index (χ2v) is 9.57.